The molecule has 1 aromatic rings. The summed E-state index contributed by atoms with van der Waals surface area (Å²) in [4.78, 5) is 16.4. The molecule has 0 aromatic carbocycles. The number of nitrogens with one attached hydrogen (secondary N) is 3. The van der Waals surface area contributed by atoms with Gasteiger partial charge in [0.15, 0.2) is 5.96 Å². The molecule has 1 fully saturated rings. The maximum Gasteiger partial charge on any atom is 0.221 e. The highest BCUT2D eigenvalue weighted by atomic mass is 16.3. The molecule has 0 radical (unpaired) electrons. The number of rotatable bonds is 8. The molecule has 0 saturated heterocycles. The molecule has 2 rings (SSSR count). The van der Waals surface area contributed by atoms with Gasteiger partial charge in [-0.2, -0.15) is 0 Å². The Bertz CT molecular complexity index is 479. The highest BCUT2D eigenvalue weighted by molar-refractivity contribution is 5.81. The van der Waals surface area contributed by atoms with Crippen molar-refractivity contribution in [1.29, 1.82) is 0 Å². The van der Waals surface area contributed by atoms with E-state index < -0.39 is 0 Å². The standard InChI is InChI=1S/C17H28N4O2/c1-2-18-17(19-11-9-15-8-5-13-23-15)20-12-10-16(22)21-14-6-3-4-7-14/h5,8,13-14H,2-4,6-7,9-12H2,1H3,(H,21,22)(H2,18,19,20). The molecule has 0 atom stereocenters. The number of hydrogen-bond donors (Lipinski definition) is 3. The molecule has 1 aromatic heterocycles. The van der Waals surface area contributed by atoms with Crippen molar-refractivity contribution < 1.29 is 9.21 Å². The van der Waals surface area contributed by atoms with Crippen molar-refractivity contribution in [2.24, 2.45) is 4.99 Å². The number of guanidine groups is 1. The second-order valence-electron chi connectivity index (χ2n) is 5.82. The van der Waals surface area contributed by atoms with Gasteiger partial charge in [-0.05, 0) is 31.9 Å². The minimum atomic E-state index is 0.121. The molecule has 3 N–H and O–H groups in total. The van der Waals surface area contributed by atoms with Crippen LogP contribution in [0, 0.1) is 0 Å². The van der Waals surface area contributed by atoms with Crippen molar-refractivity contribution in [1.82, 2.24) is 16.0 Å². The van der Waals surface area contributed by atoms with Gasteiger partial charge in [-0.3, -0.25) is 9.79 Å². The monoisotopic (exact) mass is 320 g/mol. The van der Waals surface area contributed by atoms with Crippen LogP contribution in [0.4, 0.5) is 0 Å². The fraction of sp³-hybridized carbons (Fsp3) is 0.647. The smallest absolute Gasteiger partial charge is 0.221 e. The number of nitrogens with zero attached hydrogens (tertiary/aromatic N) is 1. The molecule has 1 heterocycles. The molecule has 1 aliphatic rings. The first-order valence-electron chi connectivity index (χ1n) is 8.62. The maximum absolute atomic E-state index is 11.9. The molecule has 1 saturated carbocycles. The van der Waals surface area contributed by atoms with E-state index in [2.05, 4.69) is 20.9 Å². The van der Waals surface area contributed by atoms with Crippen LogP contribution in [0.3, 0.4) is 0 Å². The number of furan rings is 1. The zero-order valence-electron chi connectivity index (χ0n) is 13.9. The predicted molar refractivity (Wildman–Crippen MR) is 91.4 cm³/mol. The molecule has 6 nitrogen and oxygen atoms in total. The van der Waals surface area contributed by atoms with Crippen molar-refractivity contribution in [2.75, 3.05) is 19.6 Å². The second kappa shape index (κ2) is 9.92. The Morgan fingerprint density at radius 1 is 1.35 bits per heavy atom. The summed E-state index contributed by atoms with van der Waals surface area (Å²) >= 11 is 0. The van der Waals surface area contributed by atoms with Crippen LogP contribution >= 0.6 is 0 Å². The third-order valence-corrected chi connectivity index (χ3v) is 3.92. The second-order valence-corrected chi connectivity index (χ2v) is 5.82. The van der Waals surface area contributed by atoms with E-state index >= 15 is 0 Å². The lowest BCUT2D eigenvalue weighted by molar-refractivity contribution is -0.121. The molecule has 128 valence electrons. The summed E-state index contributed by atoms with van der Waals surface area (Å²) in [6.45, 7) is 4.06. The predicted octanol–water partition coefficient (Wildman–Crippen LogP) is 1.83. The van der Waals surface area contributed by atoms with Gasteiger partial charge in [0.2, 0.25) is 5.91 Å². The average Bonchev–Trinajstić information content (AvgIpc) is 3.21. The lowest BCUT2D eigenvalue weighted by Crippen LogP contribution is -2.40. The Labute approximate surface area is 138 Å². The van der Waals surface area contributed by atoms with Crippen LogP contribution in [0.15, 0.2) is 27.8 Å². The number of carbonyl (C=O) groups excluding carboxylic acids is 1. The SMILES string of the molecule is CCNC(=NCCc1ccco1)NCCC(=O)NC1CCCC1. The summed E-state index contributed by atoms with van der Waals surface area (Å²) in [5, 5.41) is 9.48. The zero-order chi connectivity index (χ0) is 16.3. The van der Waals surface area contributed by atoms with E-state index in [0.29, 0.717) is 25.6 Å². The normalized spacial score (nSPS) is 15.6. The first-order valence-corrected chi connectivity index (χ1v) is 8.62. The van der Waals surface area contributed by atoms with Crippen LogP contribution in [0.1, 0.15) is 44.8 Å². The molecule has 1 amide bonds. The Morgan fingerprint density at radius 3 is 2.87 bits per heavy atom. The quantitative estimate of drug-likeness (QED) is 0.504. The summed E-state index contributed by atoms with van der Waals surface area (Å²) in [5.74, 6) is 1.80. The third-order valence-electron chi connectivity index (χ3n) is 3.92. The van der Waals surface area contributed by atoms with Crippen LogP contribution in [-0.2, 0) is 11.2 Å². The summed E-state index contributed by atoms with van der Waals surface area (Å²) in [7, 11) is 0. The van der Waals surface area contributed by atoms with Gasteiger partial charge in [0.05, 0.1) is 6.26 Å². The van der Waals surface area contributed by atoms with Crippen LogP contribution in [0.25, 0.3) is 0 Å². The topological polar surface area (TPSA) is 78.7 Å². The molecule has 6 heteroatoms. The third kappa shape index (κ3) is 6.76. The van der Waals surface area contributed by atoms with Crippen molar-refractivity contribution >= 4 is 11.9 Å². The molecule has 0 aliphatic heterocycles. The Hall–Kier alpha value is -1.98. The summed E-state index contributed by atoms with van der Waals surface area (Å²) in [6.07, 6.45) is 7.62. The van der Waals surface area contributed by atoms with E-state index in [0.717, 1.165) is 37.5 Å². The van der Waals surface area contributed by atoms with Gasteiger partial charge in [0, 0.05) is 38.5 Å². The molecule has 23 heavy (non-hydrogen) atoms. The number of amides is 1. The van der Waals surface area contributed by atoms with E-state index in [1.165, 1.54) is 12.8 Å². The van der Waals surface area contributed by atoms with E-state index in [4.69, 9.17) is 4.42 Å². The van der Waals surface area contributed by atoms with E-state index in [-0.39, 0.29) is 5.91 Å². The van der Waals surface area contributed by atoms with Gasteiger partial charge >= 0.3 is 0 Å². The lowest BCUT2D eigenvalue weighted by Gasteiger charge is -2.13. The van der Waals surface area contributed by atoms with Crippen LogP contribution in [-0.4, -0.2) is 37.5 Å². The van der Waals surface area contributed by atoms with Gasteiger partial charge in [-0.1, -0.05) is 12.8 Å². The Morgan fingerprint density at radius 2 is 2.17 bits per heavy atom. The molecular weight excluding hydrogens is 292 g/mol. The van der Waals surface area contributed by atoms with Crippen molar-refractivity contribution in [2.45, 2.75) is 51.5 Å². The molecule has 1 aliphatic carbocycles. The number of carbonyl (C=O) groups is 1. The van der Waals surface area contributed by atoms with Gasteiger partial charge < -0.3 is 20.4 Å². The fourth-order valence-electron chi connectivity index (χ4n) is 2.74. The minimum Gasteiger partial charge on any atom is -0.469 e. The van der Waals surface area contributed by atoms with Gasteiger partial charge in [-0.15, -0.1) is 0 Å². The highest BCUT2D eigenvalue weighted by Crippen LogP contribution is 2.17. The Kier molecular flexibility index (Phi) is 7.49. The molecule has 0 spiro atoms. The largest absolute Gasteiger partial charge is 0.469 e. The lowest BCUT2D eigenvalue weighted by atomic mass is 10.2. The first kappa shape index (κ1) is 17.4. The number of aliphatic imine (C=N–C) groups is 1. The maximum atomic E-state index is 11.9. The van der Waals surface area contributed by atoms with Crippen molar-refractivity contribution in [3.8, 4) is 0 Å². The molecule has 0 bridgehead atoms. The van der Waals surface area contributed by atoms with Crippen LogP contribution < -0.4 is 16.0 Å². The minimum absolute atomic E-state index is 0.121. The van der Waals surface area contributed by atoms with E-state index in [9.17, 15) is 4.79 Å². The summed E-state index contributed by atoms with van der Waals surface area (Å²) in [5.41, 5.74) is 0. The zero-order valence-corrected chi connectivity index (χ0v) is 13.9. The van der Waals surface area contributed by atoms with E-state index in [1.54, 1.807) is 6.26 Å². The van der Waals surface area contributed by atoms with Crippen LogP contribution in [0.2, 0.25) is 0 Å². The van der Waals surface area contributed by atoms with E-state index in [1.807, 2.05) is 19.1 Å². The van der Waals surface area contributed by atoms with Gasteiger partial charge in [-0.25, -0.2) is 0 Å². The van der Waals surface area contributed by atoms with Gasteiger partial charge in [0.25, 0.3) is 0 Å². The first-order chi connectivity index (χ1) is 11.3. The summed E-state index contributed by atoms with van der Waals surface area (Å²) in [6, 6.07) is 4.21. The van der Waals surface area contributed by atoms with Crippen molar-refractivity contribution in [3.05, 3.63) is 24.2 Å². The van der Waals surface area contributed by atoms with Crippen LogP contribution in [0.5, 0.6) is 0 Å². The van der Waals surface area contributed by atoms with Gasteiger partial charge in [0.1, 0.15) is 5.76 Å². The average molecular weight is 320 g/mol. The highest BCUT2D eigenvalue weighted by Gasteiger charge is 2.16. The molecular formula is C17H28N4O2. The Balaban J connectivity index is 1.65. The van der Waals surface area contributed by atoms with Crippen molar-refractivity contribution in [3.63, 3.8) is 0 Å². The number of hydrogen-bond acceptors (Lipinski definition) is 3. The summed E-state index contributed by atoms with van der Waals surface area (Å²) < 4.78 is 5.29. The molecule has 0 unspecified atom stereocenters. The fourth-order valence-corrected chi connectivity index (χ4v) is 2.74.